The van der Waals surface area contributed by atoms with E-state index in [0.717, 1.165) is 19.4 Å². The second-order valence-electron chi connectivity index (χ2n) is 12.4. The molecule has 0 N–H and O–H groups in total. The highest BCUT2D eigenvalue weighted by atomic mass is 32.2. The Morgan fingerprint density at radius 3 is 1.62 bits per heavy atom. The number of rotatable bonds is 28. The minimum atomic E-state index is -3.40. The van der Waals surface area contributed by atoms with E-state index in [0.29, 0.717) is 17.5 Å². The molecule has 232 valence electrons. The van der Waals surface area contributed by atoms with E-state index in [-0.39, 0.29) is 30.3 Å². The number of quaternary nitrogens is 1. The summed E-state index contributed by atoms with van der Waals surface area (Å²) in [6, 6.07) is 0. The van der Waals surface area contributed by atoms with Crippen LogP contribution in [-0.4, -0.2) is 83.2 Å². The van der Waals surface area contributed by atoms with Crippen molar-refractivity contribution in [3.63, 3.8) is 0 Å². The molecule has 1 atom stereocenters. The molecule has 0 aliphatic rings. The van der Waals surface area contributed by atoms with Crippen LogP contribution in [0.3, 0.4) is 0 Å². The van der Waals surface area contributed by atoms with Crippen molar-refractivity contribution in [1.29, 1.82) is 0 Å². The van der Waals surface area contributed by atoms with Crippen LogP contribution in [0.25, 0.3) is 0 Å². The van der Waals surface area contributed by atoms with Gasteiger partial charge in [0.15, 0.2) is 9.84 Å². The van der Waals surface area contributed by atoms with Crippen LogP contribution in [0.1, 0.15) is 129 Å². The molecule has 0 amide bonds. The monoisotopic (exact) mass is 576 g/mol. The summed E-state index contributed by atoms with van der Waals surface area (Å²) in [5, 5.41) is 0. The number of unbranched alkanes of at least 4 members (excludes halogenated alkanes) is 15. The van der Waals surface area contributed by atoms with E-state index in [1.54, 1.807) is 0 Å². The highest BCUT2D eigenvalue weighted by Crippen LogP contribution is 2.14. The van der Waals surface area contributed by atoms with Gasteiger partial charge in [-0.3, -0.25) is 9.59 Å². The molecular formula is C31H62NO6S+. The number of esters is 1. The fraction of sp³-hybridized carbons (Fsp3) is 0.935. The van der Waals surface area contributed by atoms with Gasteiger partial charge in [-0.1, -0.05) is 103 Å². The minimum Gasteiger partial charge on any atom is -0.458 e. The lowest BCUT2D eigenvalue weighted by molar-refractivity contribution is -0.870. The Labute approximate surface area is 241 Å². The van der Waals surface area contributed by atoms with Crippen LogP contribution in [-0.2, 0) is 28.9 Å². The molecule has 0 bridgehead atoms. The van der Waals surface area contributed by atoms with Crippen LogP contribution in [0.5, 0.6) is 0 Å². The topological polar surface area (TPSA) is 86.7 Å². The maximum Gasteiger partial charge on any atom is 0.313 e. The second-order valence-corrected chi connectivity index (χ2v) is 14.6. The zero-order chi connectivity index (χ0) is 29.4. The summed E-state index contributed by atoms with van der Waals surface area (Å²) in [7, 11) is 2.65. The minimum absolute atomic E-state index is 0.0386. The predicted molar refractivity (Wildman–Crippen MR) is 162 cm³/mol. The third-order valence-corrected chi connectivity index (χ3v) is 8.65. The summed E-state index contributed by atoms with van der Waals surface area (Å²) in [6.45, 7) is 4.87. The van der Waals surface area contributed by atoms with Crippen LogP contribution in [0, 0.1) is 0 Å². The molecule has 0 aromatic rings. The number of carbonyl (C=O) groups is 2. The van der Waals surface area contributed by atoms with Crippen LogP contribution < -0.4 is 0 Å². The molecule has 0 aliphatic carbocycles. The van der Waals surface area contributed by atoms with Crippen molar-refractivity contribution >= 4 is 21.6 Å². The predicted octanol–water partition coefficient (Wildman–Crippen LogP) is 6.67. The SMILES string of the molecule is CCCCCCCCCCCCCCCCCCOCC(CS(=O)(=O)CCC[N+](C)(C)C)OC(=O)CC(C)=O. The molecule has 0 radical (unpaired) electrons. The Bertz CT molecular complexity index is 717. The third kappa shape index (κ3) is 28.3. The number of carbonyl (C=O) groups excluding carboxylic acids is 2. The normalized spacial score (nSPS) is 12.9. The number of ether oxygens (including phenoxy) is 2. The second kappa shape index (κ2) is 23.7. The maximum atomic E-state index is 12.6. The van der Waals surface area contributed by atoms with Gasteiger partial charge < -0.3 is 14.0 Å². The number of ketones is 1. The summed E-state index contributed by atoms with van der Waals surface area (Å²) in [5.74, 6) is -1.23. The molecule has 0 rings (SSSR count). The fourth-order valence-corrected chi connectivity index (χ4v) is 6.11. The zero-order valence-corrected chi connectivity index (χ0v) is 27.0. The average Bonchev–Trinajstić information content (AvgIpc) is 2.81. The lowest BCUT2D eigenvalue weighted by atomic mass is 10.0. The molecule has 0 aromatic carbocycles. The van der Waals surface area contributed by atoms with Gasteiger partial charge in [0.05, 0.1) is 45.8 Å². The van der Waals surface area contributed by atoms with Gasteiger partial charge in [0.25, 0.3) is 0 Å². The van der Waals surface area contributed by atoms with Crippen molar-refractivity contribution in [1.82, 2.24) is 0 Å². The first-order valence-electron chi connectivity index (χ1n) is 15.7. The number of hydrogen-bond donors (Lipinski definition) is 0. The van der Waals surface area contributed by atoms with Crippen LogP contribution in [0.2, 0.25) is 0 Å². The fourth-order valence-electron chi connectivity index (χ4n) is 4.64. The van der Waals surface area contributed by atoms with E-state index in [1.165, 1.54) is 96.8 Å². The Balaban J connectivity index is 4.00. The van der Waals surface area contributed by atoms with Gasteiger partial charge in [0, 0.05) is 13.0 Å². The van der Waals surface area contributed by atoms with Crippen LogP contribution in [0.4, 0.5) is 0 Å². The number of Topliss-reactive ketones (excluding diaryl/α,β-unsaturated/α-hetero) is 1. The summed E-state index contributed by atoms with van der Waals surface area (Å²) in [5.41, 5.74) is 0. The van der Waals surface area contributed by atoms with Crippen LogP contribution >= 0.6 is 0 Å². The molecule has 0 saturated heterocycles. The first-order chi connectivity index (χ1) is 18.4. The van der Waals surface area contributed by atoms with Crippen molar-refractivity contribution in [3.8, 4) is 0 Å². The van der Waals surface area contributed by atoms with Crippen molar-refractivity contribution < 1.29 is 32.0 Å². The standard InChI is InChI=1S/C31H62NO6S/c1-6-7-8-9-10-11-12-13-14-15-16-17-18-19-20-21-24-37-27-30(38-31(34)26-29(2)33)28-39(35,36)25-22-23-32(3,4)5/h30H,6-28H2,1-5H3/q+1. The molecular weight excluding hydrogens is 514 g/mol. The van der Waals surface area contributed by atoms with E-state index in [1.807, 2.05) is 21.1 Å². The molecule has 0 aromatic heterocycles. The van der Waals surface area contributed by atoms with E-state index in [2.05, 4.69) is 6.92 Å². The van der Waals surface area contributed by atoms with Gasteiger partial charge in [-0.05, 0) is 13.3 Å². The Kier molecular flexibility index (Phi) is 23.1. The van der Waals surface area contributed by atoms with Crippen molar-refractivity contribution in [3.05, 3.63) is 0 Å². The van der Waals surface area contributed by atoms with Gasteiger partial charge in [-0.15, -0.1) is 0 Å². The maximum absolute atomic E-state index is 12.6. The molecule has 0 aliphatic heterocycles. The highest BCUT2D eigenvalue weighted by molar-refractivity contribution is 7.91. The lowest BCUT2D eigenvalue weighted by Gasteiger charge is -2.24. The van der Waals surface area contributed by atoms with Gasteiger partial charge in [0.1, 0.15) is 18.3 Å². The first-order valence-corrected chi connectivity index (χ1v) is 17.5. The molecule has 0 saturated carbocycles. The zero-order valence-electron chi connectivity index (χ0n) is 26.1. The van der Waals surface area contributed by atoms with Gasteiger partial charge in [-0.25, -0.2) is 8.42 Å². The Morgan fingerprint density at radius 2 is 1.18 bits per heavy atom. The smallest absolute Gasteiger partial charge is 0.313 e. The summed E-state index contributed by atoms with van der Waals surface area (Å²) < 4.78 is 36.9. The Morgan fingerprint density at radius 1 is 0.718 bits per heavy atom. The number of sulfone groups is 1. The van der Waals surface area contributed by atoms with Crippen molar-refractivity contribution in [2.45, 2.75) is 136 Å². The van der Waals surface area contributed by atoms with Crippen molar-refractivity contribution in [2.24, 2.45) is 0 Å². The highest BCUT2D eigenvalue weighted by Gasteiger charge is 2.24. The summed E-state index contributed by atoms with van der Waals surface area (Å²) in [6.07, 6.45) is 20.2. The molecule has 1 unspecified atom stereocenters. The largest absolute Gasteiger partial charge is 0.458 e. The van der Waals surface area contributed by atoms with Gasteiger partial charge >= 0.3 is 5.97 Å². The van der Waals surface area contributed by atoms with E-state index in [4.69, 9.17) is 9.47 Å². The number of nitrogens with zero attached hydrogens (tertiary/aromatic N) is 1. The van der Waals surface area contributed by atoms with Crippen LogP contribution in [0.15, 0.2) is 0 Å². The summed E-state index contributed by atoms with van der Waals surface area (Å²) in [4.78, 5) is 23.2. The van der Waals surface area contributed by atoms with E-state index >= 15 is 0 Å². The van der Waals surface area contributed by atoms with E-state index < -0.39 is 21.9 Å². The molecule has 7 nitrogen and oxygen atoms in total. The quantitative estimate of drug-likeness (QED) is 0.0448. The number of hydrogen-bond acceptors (Lipinski definition) is 6. The molecule has 0 fully saturated rings. The third-order valence-electron chi connectivity index (χ3n) is 6.86. The molecule has 0 spiro atoms. The molecule has 8 heteroatoms. The Hall–Kier alpha value is -0.990. The average molecular weight is 577 g/mol. The lowest BCUT2D eigenvalue weighted by Crippen LogP contribution is -2.37. The van der Waals surface area contributed by atoms with Gasteiger partial charge in [0.2, 0.25) is 0 Å². The van der Waals surface area contributed by atoms with Gasteiger partial charge in [-0.2, -0.15) is 0 Å². The molecule has 39 heavy (non-hydrogen) atoms. The first kappa shape index (κ1) is 38.0. The molecule has 0 heterocycles. The van der Waals surface area contributed by atoms with E-state index in [9.17, 15) is 18.0 Å². The summed E-state index contributed by atoms with van der Waals surface area (Å²) >= 11 is 0. The van der Waals surface area contributed by atoms with Crippen molar-refractivity contribution in [2.75, 3.05) is 52.4 Å².